The number of hydrogen-bond acceptors (Lipinski definition) is 4. The normalized spacial score (nSPS) is 16.3. The summed E-state index contributed by atoms with van der Waals surface area (Å²) in [5.74, 6) is -0.260. The van der Waals surface area contributed by atoms with Crippen molar-refractivity contribution < 1.29 is 18.5 Å². The molecule has 0 saturated carbocycles. The van der Waals surface area contributed by atoms with Crippen molar-refractivity contribution in [1.82, 2.24) is 15.4 Å². The molecular formula is C23H22FN3O3. The summed E-state index contributed by atoms with van der Waals surface area (Å²) < 4.78 is 18.4. The summed E-state index contributed by atoms with van der Waals surface area (Å²) in [5, 5.41) is 6.65. The van der Waals surface area contributed by atoms with Crippen molar-refractivity contribution >= 4 is 11.8 Å². The number of likely N-dealkylation sites (tertiary alicyclic amines) is 1. The highest BCUT2D eigenvalue weighted by Gasteiger charge is 2.32. The zero-order valence-electron chi connectivity index (χ0n) is 16.4. The van der Waals surface area contributed by atoms with Gasteiger partial charge in [0.2, 0.25) is 0 Å². The highest BCUT2D eigenvalue weighted by Crippen LogP contribution is 2.32. The summed E-state index contributed by atoms with van der Waals surface area (Å²) >= 11 is 0. The number of aromatic nitrogens is 1. The van der Waals surface area contributed by atoms with Crippen LogP contribution >= 0.6 is 0 Å². The van der Waals surface area contributed by atoms with Gasteiger partial charge < -0.3 is 14.7 Å². The van der Waals surface area contributed by atoms with Crippen LogP contribution < -0.4 is 5.32 Å². The van der Waals surface area contributed by atoms with Gasteiger partial charge in [0.1, 0.15) is 5.82 Å². The standard InChI is InChI=1S/C23H22FN3O3/c24-18-11-9-16(10-12-18)15-25-22(28)19-14-21(30-26-19)20-8-4-5-13-27(20)23(29)17-6-2-1-3-7-17/h1-3,6-7,9-12,14,20H,4-5,8,13,15H2,(H,25,28). The smallest absolute Gasteiger partial charge is 0.273 e. The van der Waals surface area contributed by atoms with E-state index in [4.69, 9.17) is 4.52 Å². The van der Waals surface area contributed by atoms with Crippen molar-refractivity contribution in [3.05, 3.63) is 89.1 Å². The van der Waals surface area contributed by atoms with Crippen LogP contribution in [0.5, 0.6) is 0 Å². The predicted molar refractivity (Wildman–Crippen MR) is 108 cm³/mol. The van der Waals surface area contributed by atoms with E-state index in [1.165, 1.54) is 12.1 Å². The number of benzene rings is 2. The molecule has 1 aromatic heterocycles. The number of halogens is 1. The molecule has 1 atom stereocenters. The second kappa shape index (κ2) is 8.90. The van der Waals surface area contributed by atoms with Crippen LogP contribution in [0.4, 0.5) is 4.39 Å². The maximum atomic E-state index is 13.0. The summed E-state index contributed by atoms with van der Waals surface area (Å²) in [6, 6.07) is 16.4. The van der Waals surface area contributed by atoms with Gasteiger partial charge in [-0.1, -0.05) is 35.5 Å². The molecule has 2 amide bonds. The van der Waals surface area contributed by atoms with Gasteiger partial charge >= 0.3 is 0 Å². The molecule has 3 aromatic rings. The first-order valence-corrected chi connectivity index (χ1v) is 9.97. The molecule has 4 rings (SSSR count). The molecule has 1 fully saturated rings. The Morgan fingerprint density at radius 2 is 1.87 bits per heavy atom. The minimum atomic E-state index is -0.383. The number of amides is 2. The summed E-state index contributed by atoms with van der Waals surface area (Å²) in [6.07, 6.45) is 2.65. The average molecular weight is 407 g/mol. The highest BCUT2D eigenvalue weighted by atomic mass is 19.1. The predicted octanol–water partition coefficient (Wildman–Crippen LogP) is 4.11. The fraction of sp³-hybridized carbons (Fsp3) is 0.261. The molecule has 1 unspecified atom stereocenters. The summed E-state index contributed by atoms with van der Waals surface area (Å²) in [6.45, 7) is 0.883. The van der Waals surface area contributed by atoms with E-state index in [2.05, 4.69) is 10.5 Å². The minimum absolute atomic E-state index is 0.0565. The first-order chi connectivity index (χ1) is 14.6. The molecule has 7 heteroatoms. The molecule has 2 aromatic carbocycles. The molecule has 0 spiro atoms. The van der Waals surface area contributed by atoms with Gasteiger partial charge in [-0.3, -0.25) is 9.59 Å². The Hall–Kier alpha value is -3.48. The number of hydrogen-bond donors (Lipinski definition) is 1. The fourth-order valence-corrected chi connectivity index (χ4v) is 3.65. The van der Waals surface area contributed by atoms with Crippen molar-refractivity contribution in [1.29, 1.82) is 0 Å². The Morgan fingerprint density at radius 3 is 2.63 bits per heavy atom. The first kappa shape index (κ1) is 19.8. The van der Waals surface area contributed by atoms with Crippen molar-refractivity contribution in [2.24, 2.45) is 0 Å². The molecule has 0 bridgehead atoms. The van der Waals surface area contributed by atoms with Crippen molar-refractivity contribution in [3.8, 4) is 0 Å². The van der Waals surface area contributed by atoms with E-state index >= 15 is 0 Å². The third kappa shape index (κ3) is 4.40. The fourth-order valence-electron chi connectivity index (χ4n) is 3.65. The van der Waals surface area contributed by atoms with Gasteiger partial charge in [0.15, 0.2) is 11.5 Å². The number of carbonyl (C=O) groups excluding carboxylic acids is 2. The number of piperidine rings is 1. The zero-order valence-corrected chi connectivity index (χ0v) is 16.4. The van der Waals surface area contributed by atoms with Gasteiger partial charge in [0.05, 0.1) is 6.04 Å². The third-order valence-electron chi connectivity index (χ3n) is 5.24. The number of rotatable bonds is 5. The van der Waals surface area contributed by atoms with Crippen molar-refractivity contribution in [3.63, 3.8) is 0 Å². The lowest BCUT2D eigenvalue weighted by Gasteiger charge is -2.34. The molecule has 0 aliphatic carbocycles. The number of carbonyl (C=O) groups is 2. The van der Waals surface area contributed by atoms with Crippen LogP contribution in [0, 0.1) is 5.82 Å². The highest BCUT2D eigenvalue weighted by molar-refractivity contribution is 5.94. The molecule has 1 saturated heterocycles. The van der Waals surface area contributed by atoms with Gasteiger partial charge in [0, 0.05) is 24.7 Å². The van der Waals surface area contributed by atoms with Gasteiger partial charge in [-0.15, -0.1) is 0 Å². The Kier molecular flexibility index (Phi) is 5.88. The van der Waals surface area contributed by atoms with Gasteiger partial charge in [-0.25, -0.2) is 4.39 Å². The quantitative estimate of drug-likeness (QED) is 0.691. The van der Waals surface area contributed by atoms with Crippen LogP contribution in [0.1, 0.15) is 57.5 Å². The number of nitrogens with one attached hydrogen (secondary N) is 1. The largest absolute Gasteiger partial charge is 0.358 e. The molecule has 30 heavy (non-hydrogen) atoms. The maximum absolute atomic E-state index is 13.0. The van der Waals surface area contributed by atoms with Crippen LogP contribution in [0.25, 0.3) is 0 Å². The average Bonchev–Trinajstić information content (AvgIpc) is 3.29. The topological polar surface area (TPSA) is 75.4 Å². The second-order valence-electron chi connectivity index (χ2n) is 7.30. The lowest BCUT2D eigenvalue weighted by atomic mass is 9.98. The maximum Gasteiger partial charge on any atom is 0.273 e. The molecule has 1 N–H and O–H groups in total. The molecule has 0 radical (unpaired) electrons. The van der Waals surface area contributed by atoms with Gasteiger partial charge in [-0.05, 0) is 49.1 Å². The van der Waals surface area contributed by atoms with Crippen LogP contribution in [0.3, 0.4) is 0 Å². The monoisotopic (exact) mass is 407 g/mol. The van der Waals surface area contributed by atoms with Gasteiger partial charge in [-0.2, -0.15) is 0 Å². The molecule has 2 heterocycles. The van der Waals surface area contributed by atoms with E-state index in [1.807, 2.05) is 18.2 Å². The summed E-state index contributed by atoms with van der Waals surface area (Å²) in [4.78, 5) is 27.2. The van der Waals surface area contributed by atoms with Crippen LogP contribution in [0.2, 0.25) is 0 Å². The van der Waals surface area contributed by atoms with Gasteiger partial charge in [0.25, 0.3) is 11.8 Å². The molecule has 1 aliphatic heterocycles. The zero-order chi connectivity index (χ0) is 20.9. The van der Waals surface area contributed by atoms with E-state index in [0.29, 0.717) is 17.9 Å². The Labute approximate surface area is 173 Å². The SMILES string of the molecule is O=C(NCc1ccc(F)cc1)c1cc(C2CCCCN2C(=O)c2ccccc2)on1. The summed E-state index contributed by atoms with van der Waals surface area (Å²) in [7, 11) is 0. The summed E-state index contributed by atoms with van der Waals surface area (Å²) in [5.41, 5.74) is 1.56. The Morgan fingerprint density at radius 1 is 1.10 bits per heavy atom. The first-order valence-electron chi connectivity index (χ1n) is 9.97. The van der Waals surface area contributed by atoms with Crippen molar-refractivity contribution in [2.45, 2.75) is 31.8 Å². The van der Waals surface area contributed by atoms with Crippen LogP contribution in [-0.4, -0.2) is 28.4 Å². The Balaban J connectivity index is 1.45. The molecule has 154 valence electrons. The molecular weight excluding hydrogens is 385 g/mol. The van der Waals surface area contributed by atoms with E-state index in [1.54, 1.807) is 35.2 Å². The van der Waals surface area contributed by atoms with Crippen LogP contribution in [0.15, 0.2) is 65.2 Å². The Bertz CT molecular complexity index is 1020. The van der Waals surface area contributed by atoms with Crippen molar-refractivity contribution in [2.75, 3.05) is 6.54 Å². The molecule has 1 aliphatic rings. The van der Waals surface area contributed by atoms with E-state index in [0.717, 1.165) is 24.8 Å². The lowest BCUT2D eigenvalue weighted by molar-refractivity contribution is 0.0569. The van der Waals surface area contributed by atoms with E-state index < -0.39 is 0 Å². The second-order valence-corrected chi connectivity index (χ2v) is 7.30. The minimum Gasteiger partial charge on any atom is -0.358 e. The lowest BCUT2D eigenvalue weighted by Crippen LogP contribution is -2.38. The van der Waals surface area contributed by atoms with E-state index in [9.17, 15) is 14.0 Å². The third-order valence-corrected chi connectivity index (χ3v) is 5.24. The number of nitrogens with zero attached hydrogens (tertiary/aromatic N) is 2. The van der Waals surface area contributed by atoms with E-state index in [-0.39, 0.29) is 35.9 Å². The van der Waals surface area contributed by atoms with Crippen LogP contribution in [-0.2, 0) is 6.54 Å². The molecule has 6 nitrogen and oxygen atoms in total.